The quantitative estimate of drug-likeness (QED) is 0.930. The van der Waals surface area contributed by atoms with Crippen LogP contribution in [-0.4, -0.2) is 22.8 Å². The monoisotopic (exact) mass is 300 g/mol. The summed E-state index contributed by atoms with van der Waals surface area (Å²) in [4.78, 5) is 11.6. The lowest BCUT2D eigenvalue weighted by molar-refractivity contribution is 0.0534. The van der Waals surface area contributed by atoms with Gasteiger partial charge < -0.3 is 14.6 Å². The number of aromatic nitrogens is 1. The number of ether oxygens (including phenoxy) is 1. The molecule has 0 saturated carbocycles. The number of carbonyl (C=O) groups excluding carboxylic acids is 1. The van der Waals surface area contributed by atoms with Gasteiger partial charge >= 0.3 is 6.09 Å². The van der Waals surface area contributed by atoms with Crippen molar-refractivity contribution in [2.75, 3.05) is 6.54 Å². The first kappa shape index (κ1) is 16.1. The summed E-state index contributed by atoms with van der Waals surface area (Å²) in [5, 5.41) is 3.95. The van der Waals surface area contributed by atoms with Crippen molar-refractivity contribution in [2.45, 2.75) is 33.3 Å². The predicted octanol–water partition coefficient (Wildman–Crippen LogP) is 4.02. The van der Waals surface area contributed by atoms with Crippen molar-refractivity contribution in [1.29, 1.82) is 0 Å². The molecule has 1 aromatic carbocycles. The number of carbonyl (C=O) groups is 1. The number of para-hydroxylation sites is 1. The topological polar surface area (TPSA) is 43.3 Å². The molecule has 2 aromatic rings. The summed E-state index contributed by atoms with van der Waals surface area (Å²) in [6, 6.07) is 8.30. The van der Waals surface area contributed by atoms with E-state index < -0.39 is 11.7 Å². The number of benzene rings is 1. The third kappa shape index (κ3) is 3.70. The second-order valence-electron chi connectivity index (χ2n) is 6.36. The van der Waals surface area contributed by atoms with Gasteiger partial charge in [0, 0.05) is 35.8 Å². The van der Waals surface area contributed by atoms with Crippen LogP contribution in [0, 0.1) is 6.92 Å². The molecule has 0 bridgehead atoms. The summed E-state index contributed by atoms with van der Waals surface area (Å²) in [5.74, 6) is 0. The molecule has 0 spiro atoms. The Morgan fingerprint density at radius 2 is 2.00 bits per heavy atom. The Balaban J connectivity index is 2.06. The minimum atomic E-state index is -0.472. The average molecular weight is 300 g/mol. The van der Waals surface area contributed by atoms with E-state index in [1.807, 2.05) is 39.0 Å². The number of hydrogen-bond acceptors (Lipinski definition) is 2. The van der Waals surface area contributed by atoms with Crippen LogP contribution >= 0.6 is 0 Å². The summed E-state index contributed by atoms with van der Waals surface area (Å²) in [5.41, 5.74) is 3.12. The predicted molar refractivity (Wildman–Crippen MR) is 90.9 cm³/mol. The zero-order valence-electron chi connectivity index (χ0n) is 13.9. The van der Waals surface area contributed by atoms with Gasteiger partial charge in [0.05, 0.1) is 0 Å². The minimum absolute atomic E-state index is 0.396. The van der Waals surface area contributed by atoms with E-state index in [4.69, 9.17) is 4.74 Å². The standard InChI is InChI=1S/C18H24N2O2/c1-13-14(15-9-6-7-11-16(15)20(13)5)10-8-12-19-17(21)22-18(2,3)4/h6-11H,12H2,1-5H3,(H,19,21). The van der Waals surface area contributed by atoms with Crippen LogP contribution in [0.25, 0.3) is 17.0 Å². The molecular formula is C18H24N2O2. The van der Waals surface area contributed by atoms with Crippen molar-refractivity contribution in [1.82, 2.24) is 9.88 Å². The first-order chi connectivity index (χ1) is 10.3. The molecule has 4 heteroatoms. The number of nitrogens with zero attached hydrogens (tertiary/aromatic N) is 1. The van der Waals surface area contributed by atoms with Crippen molar-refractivity contribution in [3.8, 4) is 0 Å². The Bertz CT molecular complexity index is 706. The molecule has 4 nitrogen and oxygen atoms in total. The largest absolute Gasteiger partial charge is 0.444 e. The van der Waals surface area contributed by atoms with Crippen LogP contribution in [0.5, 0.6) is 0 Å². The van der Waals surface area contributed by atoms with Crippen LogP contribution in [0.3, 0.4) is 0 Å². The van der Waals surface area contributed by atoms with Crippen LogP contribution in [0.4, 0.5) is 4.79 Å². The van der Waals surface area contributed by atoms with Crippen LogP contribution in [0.1, 0.15) is 32.0 Å². The third-order valence-corrected chi connectivity index (χ3v) is 3.50. The van der Waals surface area contributed by atoms with Gasteiger partial charge in [0.25, 0.3) is 0 Å². The molecule has 0 radical (unpaired) electrons. The Labute approximate surface area is 131 Å². The fourth-order valence-corrected chi connectivity index (χ4v) is 2.39. The maximum absolute atomic E-state index is 11.6. The van der Waals surface area contributed by atoms with E-state index in [1.54, 1.807) is 0 Å². The van der Waals surface area contributed by atoms with Gasteiger partial charge in [-0.3, -0.25) is 0 Å². The van der Waals surface area contributed by atoms with Crippen LogP contribution in [-0.2, 0) is 11.8 Å². The molecule has 22 heavy (non-hydrogen) atoms. The van der Waals surface area contributed by atoms with Gasteiger partial charge in [-0.05, 0) is 33.8 Å². The highest BCUT2D eigenvalue weighted by Crippen LogP contribution is 2.25. The van der Waals surface area contributed by atoms with E-state index in [-0.39, 0.29) is 0 Å². The maximum Gasteiger partial charge on any atom is 0.407 e. The zero-order valence-corrected chi connectivity index (χ0v) is 13.9. The van der Waals surface area contributed by atoms with Crippen molar-refractivity contribution in [3.05, 3.63) is 41.6 Å². The fraction of sp³-hybridized carbons (Fsp3) is 0.389. The second-order valence-corrected chi connectivity index (χ2v) is 6.36. The normalized spacial score (nSPS) is 12.0. The van der Waals surface area contributed by atoms with Gasteiger partial charge in [-0.1, -0.05) is 30.4 Å². The van der Waals surface area contributed by atoms with E-state index in [1.165, 1.54) is 22.2 Å². The number of hydrogen-bond donors (Lipinski definition) is 1. The lowest BCUT2D eigenvalue weighted by Crippen LogP contribution is -2.32. The third-order valence-electron chi connectivity index (χ3n) is 3.50. The molecule has 0 saturated heterocycles. The van der Waals surface area contributed by atoms with Crippen molar-refractivity contribution in [3.63, 3.8) is 0 Å². The number of amides is 1. The number of fused-ring (bicyclic) bond motifs is 1. The number of aryl methyl sites for hydroxylation is 1. The SMILES string of the molecule is Cc1c(C=CCNC(=O)OC(C)(C)C)c2ccccc2n1C. The van der Waals surface area contributed by atoms with Crippen LogP contribution in [0.15, 0.2) is 30.3 Å². The van der Waals surface area contributed by atoms with Crippen LogP contribution in [0.2, 0.25) is 0 Å². The molecular weight excluding hydrogens is 276 g/mol. The van der Waals surface area contributed by atoms with Crippen molar-refractivity contribution in [2.24, 2.45) is 7.05 Å². The van der Waals surface area contributed by atoms with E-state index >= 15 is 0 Å². The summed E-state index contributed by atoms with van der Waals surface area (Å²) in [6.45, 7) is 8.09. The molecule has 0 aliphatic rings. The molecule has 0 aliphatic carbocycles. The van der Waals surface area contributed by atoms with Gasteiger partial charge in [-0.15, -0.1) is 0 Å². The van der Waals surface area contributed by atoms with Crippen molar-refractivity contribution < 1.29 is 9.53 Å². The van der Waals surface area contributed by atoms with Gasteiger partial charge in [-0.2, -0.15) is 0 Å². The molecule has 1 N–H and O–H groups in total. The molecule has 0 aliphatic heterocycles. The Morgan fingerprint density at radius 1 is 1.32 bits per heavy atom. The van der Waals surface area contributed by atoms with E-state index in [2.05, 4.69) is 42.1 Å². The summed E-state index contributed by atoms with van der Waals surface area (Å²) >= 11 is 0. The highest BCUT2D eigenvalue weighted by Gasteiger charge is 2.15. The molecule has 1 amide bonds. The molecule has 0 atom stereocenters. The van der Waals surface area contributed by atoms with Gasteiger partial charge in [-0.25, -0.2) is 4.79 Å². The zero-order chi connectivity index (χ0) is 16.3. The van der Waals surface area contributed by atoms with Gasteiger partial charge in [0.15, 0.2) is 0 Å². The lowest BCUT2D eigenvalue weighted by atomic mass is 10.1. The first-order valence-corrected chi connectivity index (χ1v) is 7.47. The second kappa shape index (κ2) is 6.26. The summed E-state index contributed by atoms with van der Waals surface area (Å²) in [6.07, 6.45) is 3.60. The molecule has 1 heterocycles. The minimum Gasteiger partial charge on any atom is -0.444 e. The van der Waals surface area contributed by atoms with E-state index in [0.717, 1.165) is 0 Å². The highest BCUT2D eigenvalue weighted by molar-refractivity contribution is 5.91. The summed E-state index contributed by atoms with van der Waals surface area (Å²) in [7, 11) is 2.06. The van der Waals surface area contributed by atoms with E-state index in [0.29, 0.717) is 6.54 Å². The molecule has 0 unspecified atom stereocenters. The van der Waals surface area contributed by atoms with Crippen molar-refractivity contribution >= 4 is 23.1 Å². The highest BCUT2D eigenvalue weighted by atomic mass is 16.6. The van der Waals surface area contributed by atoms with E-state index in [9.17, 15) is 4.79 Å². The maximum atomic E-state index is 11.6. The van der Waals surface area contributed by atoms with Gasteiger partial charge in [0.1, 0.15) is 5.60 Å². The number of nitrogens with one attached hydrogen (secondary N) is 1. The molecule has 118 valence electrons. The van der Waals surface area contributed by atoms with Gasteiger partial charge in [0.2, 0.25) is 0 Å². The van der Waals surface area contributed by atoms with Crippen LogP contribution < -0.4 is 5.32 Å². The average Bonchev–Trinajstić information content (AvgIpc) is 2.67. The first-order valence-electron chi connectivity index (χ1n) is 7.47. The molecule has 2 rings (SSSR count). The smallest absolute Gasteiger partial charge is 0.407 e. The Hall–Kier alpha value is -2.23. The molecule has 1 aromatic heterocycles. The Morgan fingerprint density at radius 3 is 2.68 bits per heavy atom. The fourth-order valence-electron chi connectivity index (χ4n) is 2.39. The molecule has 0 fully saturated rings. The Kier molecular flexibility index (Phi) is 4.59. The lowest BCUT2D eigenvalue weighted by Gasteiger charge is -2.19. The summed E-state index contributed by atoms with van der Waals surface area (Å²) < 4.78 is 7.38. The number of rotatable bonds is 3. The number of alkyl carbamates (subject to hydrolysis) is 1.